The van der Waals surface area contributed by atoms with Crippen molar-refractivity contribution in [3.05, 3.63) is 27.8 Å². The quantitative estimate of drug-likeness (QED) is 0.863. The second kappa shape index (κ2) is 6.05. The van der Waals surface area contributed by atoms with Gasteiger partial charge in [-0.2, -0.15) is 0 Å². The van der Waals surface area contributed by atoms with Gasteiger partial charge in [-0.25, -0.2) is 4.98 Å². The molecule has 3 nitrogen and oxygen atoms in total. The minimum absolute atomic E-state index is 0.00784. The third kappa shape index (κ3) is 2.46. The zero-order chi connectivity index (χ0) is 15.9. The van der Waals surface area contributed by atoms with E-state index in [9.17, 15) is 4.79 Å². The van der Waals surface area contributed by atoms with Crippen LogP contribution in [-0.4, -0.2) is 15.9 Å². The van der Waals surface area contributed by atoms with E-state index in [2.05, 4.69) is 32.2 Å². The van der Waals surface area contributed by atoms with Gasteiger partial charge in [-0.1, -0.05) is 33.0 Å². The van der Waals surface area contributed by atoms with Crippen molar-refractivity contribution in [2.24, 2.45) is 0 Å². The molecule has 3 rings (SSSR count). The summed E-state index contributed by atoms with van der Waals surface area (Å²) in [5.41, 5.74) is 5.34. The lowest BCUT2D eigenvalue weighted by Gasteiger charge is -2.12. The first-order valence-electron chi connectivity index (χ1n) is 7.86. The minimum atomic E-state index is -0.0419. The molecule has 0 bridgehead atoms. The van der Waals surface area contributed by atoms with Crippen LogP contribution in [0.4, 0.5) is 0 Å². The maximum Gasteiger partial charge on any atom is 0.225 e. The Bertz CT molecular complexity index is 764. The fraction of sp³-hybridized carbons (Fsp3) is 0.471. The number of benzene rings is 1. The normalized spacial score (nSPS) is 18.2. The Morgan fingerprint density at radius 2 is 2.00 bits per heavy atom. The number of amides is 1. The van der Waals surface area contributed by atoms with Gasteiger partial charge in [-0.3, -0.25) is 4.79 Å². The zero-order valence-electron chi connectivity index (χ0n) is 13.2. The summed E-state index contributed by atoms with van der Waals surface area (Å²) in [5, 5.41) is 3.72. The number of carbonyl (C=O) groups excluding carboxylic acids is 1. The first-order valence-corrected chi connectivity index (χ1v) is 9.09. The van der Waals surface area contributed by atoms with Gasteiger partial charge in [-0.15, -0.1) is 11.3 Å². The molecule has 2 heterocycles. The predicted octanol–water partition coefficient (Wildman–Crippen LogP) is 3.91. The minimum Gasteiger partial charge on any atom is -0.320 e. The van der Waals surface area contributed by atoms with E-state index in [1.807, 2.05) is 0 Å². The average Bonchev–Trinajstić information content (AvgIpc) is 3.07. The molecule has 0 aliphatic carbocycles. The van der Waals surface area contributed by atoms with Crippen LogP contribution < -0.4 is 5.32 Å². The number of thiazole rings is 1. The van der Waals surface area contributed by atoms with E-state index in [4.69, 9.17) is 17.2 Å². The van der Waals surface area contributed by atoms with E-state index in [0.29, 0.717) is 11.4 Å². The number of nitrogens with zero attached hydrogens (tertiary/aromatic N) is 1. The van der Waals surface area contributed by atoms with Gasteiger partial charge in [0.05, 0.1) is 21.1 Å². The van der Waals surface area contributed by atoms with E-state index in [1.54, 1.807) is 11.3 Å². The molecule has 22 heavy (non-hydrogen) atoms. The zero-order valence-corrected chi connectivity index (χ0v) is 14.8. The van der Waals surface area contributed by atoms with Gasteiger partial charge in [0.2, 0.25) is 5.91 Å². The van der Waals surface area contributed by atoms with Crippen molar-refractivity contribution in [2.45, 2.75) is 52.4 Å². The van der Waals surface area contributed by atoms with Gasteiger partial charge in [0.1, 0.15) is 5.01 Å². The molecule has 1 N–H and O–H groups in total. The molecule has 1 amide bonds. The van der Waals surface area contributed by atoms with Crippen LogP contribution in [-0.2, 0) is 24.1 Å². The van der Waals surface area contributed by atoms with Crippen molar-refractivity contribution in [1.29, 1.82) is 0 Å². The lowest BCUT2D eigenvalue weighted by molar-refractivity contribution is -0.118. The summed E-state index contributed by atoms with van der Waals surface area (Å²) in [4.78, 5) is 17.0. The van der Waals surface area contributed by atoms with Crippen molar-refractivity contribution >= 4 is 44.7 Å². The Morgan fingerprint density at radius 1 is 1.27 bits per heavy atom. The molecule has 1 aliphatic heterocycles. The summed E-state index contributed by atoms with van der Waals surface area (Å²) in [6.45, 7) is 6.61. The number of rotatable bonds is 4. The summed E-state index contributed by atoms with van der Waals surface area (Å²) < 4.78 is 1.23. The first-order chi connectivity index (χ1) is 10.6. The van der Waals surface area contributed by atoms with Crippen molar-refractivity contribution in [3.63, 3.8) is 0 Å². The lowest BCUT2D eigenvalue weighted by atomic mass is 9.94. The van der Waals surface area contributed by atoms with Crippen LogP contribution in [0.2, 0.25) is 0 Å². The molecule has 1 aromatic heterocycles. The summed E-state index contributed by atoms with van der Waals surface area (Å²) in [6, 6.07) is 2.28. The number of aryl methyl sites for hydroxylation is 2. The van der Waals surface area contributed by atoms with Crippen LogP contribution in [0.1, 0.15) is 54.8 Å². The molecular weight excluding hydrogens is 312 g/mol. The fourth-order valence-electron chi connectivity index (χ4n) is 3.28. The van der Waals surface area contributed by atoms with Crippen LogP contribution in [0.3, 0.4) is 0 Å². The maximum atomic E-state index is 11.6. The van der Waals surface area contributed by atoms with Crippen molar-refractivity contribution in [1.82, 2.24) is 10.3 Å². The third-order valence-electron chi connectivity index (χ3n) is 4.37. The number of thiocarbonyl (C=S) groups is 1. The highest BCUT2D eigenvalue weighted by atomic mass is 32.1. The van der Waals surface area contributed by atoms with E-state index in [0.717, 1.165) is 29.8 Å². The summed E-state index contributed by atoms with van der Waals surface area (Å²) >= 11 is 6.99. The molecule has 116 valence electrons. The van der Waals surface area contributed by atoms with E-state index < -0.39 is 0 Å². The van der Waals surface area contributed by atoms with Crippen LogP contribution in [0, 0.1) is 0 Å². The number of carbonyl (C=O) groups is 1. The van der Waals surface area contributed by atoms with Gasteiger partial charge in [0.25, 0.3) is 0 Å². The van der Waals surface area contributed by atoms with Gasteiger partial charge in [0.15, 0.2) is 0 Å². The predicted molar refractivity (Wildman–Crippen MR) is 95.9 cm³/mol. The molecule has 2 aromatic rings. The number of fused-ring (bicyclic) bond motifs is 1. The molecule has 1 aliphatic rings. The molecule has 0 radical (unpaired) electrons. The van der Waals surface area contributed by atoms with Crippen LogP contribution in [0.5, 0.6) is 0 Å². The largest absolute Gasteiger partial charge is 0.320 e. The second-order valence-corrected chi connectivity index (χ2v) is 7.12. The van der Waals surface area contributed by atoms with Gasteiger partial charge < -0.3 is 5.32 Å². The Hall–Kier alpha value is -1.33. The highest BCUT2D eigenvalue weighted by molar-refractivity contribution is 7.80. The summed E-state index contributed by atoms with van der Waals surface area (Å²) in [5.74, 6) is -0.0341. The smallest absolute Gasteiger partial charge is 0.225 e. The van der Waals surface area contributed by atoms with Crippen LogP contribution >= 0.6 is 23.6 Å². The summed E-state index contributed by atoms with van der Waals surface area (Å²) in [7, 11) is 0. The standard InChI is InChI=1S/C17H20N2OS2/c1-4-9-7-13-15(11(6-3)10(9)5-2)19-17(22-13)12-8-14(20)18-16(12)21/h7,12H,4-6,8H2,1-3H3,(H,18,20,21). The highest BCUT2D eigenvalue weighted by Crippen LogP contribution is 2.36. The highest BCUT2D eigenvalue weighted by Gasteiger charge is 2.31. The number of hydrogen-bond donors (Lipinski definition) is 1. The Kier molecular flexibility index (Phi) is 4.28. The fourth-order valence-corrected chi connectivity index (χ4v) is 4.84. The SMILES string of the molecule is CCc1cc2sc(C3CC(=O)NC3=S)nc2c(CC)c1CC. The Morgan fingerprint density at radius 3 is 2.55 bits per heavy atom. The number of aromatic nitrogens is 1. The number of hydrogen-bond acceptors (Lipinski definition) is 4. The van der Waals surface area contributed by atoms with Gasteiger partial charge in [0, 0.05) is 6.42 Å². The Balaban J connectivity index is 2.17. The van der Waals surface area contributed by atoms with Gasteiger partial charge in [-0.05, 0) is 42.0 Å². The molecule has 1 aromatic carbocycles. The van der Waals surface area contributed by atoms with E-state index >= 15 is 0 Å². The summed E-state index contributed by atoms with van der Waals surface area (Å²) in [6.07, 6.45) is 3.50. The van der Waals surface area contributed by atoms with E-state index in [-0.39, 0.29) is 11.8 Å². The molecule has 5 heteroatoms. The molecule has 1 unspecified atom stereocenters. The average molecular weight is 332 g/mol. The topological polar surface area (TPSA) is 42.0 Å². The van der Waals surface area contributed by atoms with Crippen molar-refractivity contribution in [3.8, 4) is 0 Å². The van der Waals surface area contributed by atoms with Crippen molar-refractivity contribution in [2.75, 3.05) is 0 Å². The Labute approximate surface area is 140 Å². The molecule has 0 spiro atoms. The van der Waals surface area contributed by atoms with E-state index in [1.165, 1.54) is 21.4 Å². The second-order valence-electron chi connectivity index (χ2n) is 5.62. The molecular formula is C17H20N2OS2. The first kappa shape index (κ1) is 15.6. The van der Waals surface area contributed by atoms with Gasteiger partial charge >= 0.3 is 0 Å². The molecule has 1 fully saturated rings. The monoisotopic (exact) mass is 332 g/mol. The van der Waals surface area contributed by atoms with Crippen LogP contribution in [0.25, 0.3) is 10.2 Å². The maximum absolute atomic E-state index is 11.6. The van der Waals surface area contributed by atoms with Crippen LogP contribution in [0.15, 0.2) is 6.07 Å². The molecule has 1 saturated heterocycles. The molecule has 0 saturated carbocycles. The number of nitrogens with one attached hydrogen (secondary N) is 1. The molecule has 1 atom stereocenters. The lowest BCUT2D eigenvalue weighted by Crippen LogP contribution is -2.19. The van der Waals surface area contributed by atoms with Crippen molar-refractivity contribution < 1.29 is 4.79 Å². The third-order valence-corrected chi connectivity index (χ3v) is 5.87.